The van der Waals surface area contributed by atoms with E-state index in [0.717, 1.165) is 11.1 Å². The van der Waals surface area contributed by atoms with Crippen LogP contribution in [0, 0.1) is 10.1 Å². The number of methoxy groups -OCH3 is 1. The highest BCUT2D eigenvalue weighted by Gasteiger charge is 2.36. The van der Waals surface area contributed by atoms with Gasteiger partial charge in [-0.3, -0.25) is 29.4 Å². The van der Waals surface area contributed by atoms with Gasteiger partial charge in [-0.1, -0.05) is 29.8 Å². The average Bonchev–Trinajstić information content (AvgIpc) is 3.13. The first-order chi connectivity index (χ1) is 17.7. The van der Waals surface area contributed by atoms with Crippen LogP contribution in [-0.2, 0) is 9.59 Å². The van der Waals surface area contributed by atoms with Gasteiger partial charge in [0.25, 0.3) is 16.8 Å². The average molecular weight is 541 g/mol. The third-order valence-corrected chi connectivity index (χ3v) is 6.19. The molecule has 4 rings (SSSR count). The molecule has 37 heavy (non-hydrogen) atoms. The number of rotatable bonds is 8. The zero-order valence-corrected chi connectivity index (χ0v) is 20.6. The number of carbonyl (C=O) groups is 3. The lowest BCUT2D eigenvalue weighted by Gasteiger charge is -2.13. The van der Waals surface area contributed by atoms with Gasteiger partial charge < -0.3 is 14.8 Å². The van der Waals surface area contributed by atoms with Gasteiger partial charge in [-0.25, -0.2) is 4.98 Å². The Morgan fingerprint density at radius 2 is 1.97 bits per heavy atom. The standard InChI is InChI=1S/C24H17ClN4O7S/c1-35-19-10-14(6-8-18(19)36-22-9-7-15(12-26-22)29(33)34)11-20-23(31)28(24(32)37-20)13-21(30)27-17-5-3-2-4-16(17)25/h2-12H,13H2,1H3,(H,27,30)/b20-11+. The van der Waals surface area contributed by atoms with Crippen LogP contribution in [0.1, 0.15) is 5.56 Å². The number of thioether (sulfide) groups is 1. The minimum absolute atomic E-state index is 0.118. The number of benzene rings is 2. The van der Waals surface area contributed by atoms with Crippen molar-refractivity contribution in [2.75, 3.05) is 19.0 Å². The largest absolute Gasteiger partial charge is 0.493 e. The van der Waals surface area contributed by atoms with Crippen molar-refractivity contribution in [3.05, 3.63) is 86.4 Å². The lowest BCUT2D eigenvalue weighted by atomic mass is 10.2. The van der Waals surface area contributed by atoms with E-state index in [1.165, 1.54) is 25.3 Å². The Morgan fingerprint density at radius 1 is 1.19 bits per heavy atom. The minimum Gasteiger partial charge on any atom is -0.493 e. The van der Waals surface area contributed by atoms with E-state index in [1.807, 2.05) is 0 Å². The first-order valence-corrected chi connectivity index (χ1v) is 11.7. The molecule has 0 radical (unpaired) electrons. The lowest BCUT2D eigenvalue weighted by molar-refractivity contribution is -0.385. The van der Waals surface area contributed by atoms with E-state index in [1.54, 1.807) is 42.5 Å². The number of ether oxygens (including phenoxy) is 2. The number of aromatic nitrogens is 1. The molecule has 0 aliphatic carbocycles. The van der Waals surface area contributed by atoms with E-state index < -0.39 is 28.5 Å². The fourth-order valence-electron chi connectivity index (χ4n) is 3.20. The summed E-state index contributed by atoms with van der Waals surface area (Å²) in [6.07, 6.45) is 2.56. The third-order valence-electron chi connectivity index (χ3n) is 4.95. The number of pyridine rings is 1. The molecular weight excluding hydrogens is 524 g/mol. The first kappa shape index (κ1) is 25.7. The van der Waals surface area contributed by atoms with Crippen LogP contribution in [0.25, 0.3) is 6.08 Å². The topological polar surface area (TPSA) is 141 Å². The van der Waals surface area contributed by atoms with Crippen LogP contribution in [0.4, 0.5) is 16.2 Å². The van der Waals surface area contributed by atoms with E-state index in [4.69, 9.17) is 21.1 Å². The molecule has 0 unspecified atom stereocenters. The van der Waals surface area contributed by atoms with Crippen molar-refractivity contribution in [3.63, 3.8) is 0 Å². The molecule has 3 aromatic rings. The molecule has 1 fully saturated rings. The maximum Gasteiger partial charge on any atom is 0.294 e. The summed E-state index contributed by atoms with van der Waals surface area (Å²) >= 11 is 6.74. The van der Waals surface area contributed by atoms with Gasteiger partial charge in [-0.2, -0.15) is 0 Å². The summed E-state index contributed by atoms with van der Waals surface area (Å²) in [4.78, 5) is 52.7. The van der Waals surface area contributed by atoms with E-state index >= 15 is 0 Å². The summed E-state index contributed by atoms with van der Waals surface area (Å²) in [5.41, 5.74) is 0.729. The minimum atomic E-state index is -0.612. The molecule has 1 aliphatic heterocycles. The van der Waals surface area contributed by atoms with Gasteiger partial charge in [0.15, 0.2) is 11.5 Å². The number of carbonyl (C=O) groups excluding carboxylic acids is 3. The van der Waals surface area contributed by atoms with Gasteiger partial charge in [0.2, 0.25) is 11.8 Å². The van der Waals surface area contributed by atoms with Crippen LogP contribution in [0.5, 0.6) is 17.4 Å². The van der Waals surface area contributed by atoms with E-state index in [9.17, 15) is 24.5 Å². The molecule has 1 aromatic heterocycles. The van der Waals surface area contributed by atoms with E-state index in [2.05, 4.69) is 10.3 Å². The molecule has 0 atom stereocenters. The van der Waals surface area contributed by atoms with Gasteiger partial charge in [0.05, 0.1) is 27.6 Å². The van der Waals surface area contributed by atoms with Gasteiger partial charge >= 0.3 is 0 Å². The number of nitrogens with zero attached hydrogens (tertiary/aromatic N) is 3. The molecule has 3 amide bonds. The second kappa shape index (κ2) is 11.1. The number of nitro groups is 1. The van der Waals surface area contributed by atoms with Crippen LogP contribution in [0.15, 0.2) is 65.7 Å². The quantitative estimate of drug-likeness (QED) is 0.234. The summed E-state index contributed by atoms with van der Waals surface area (Å²) in [6.45, 7) is -0.467. The molecule has 0 bridgehead atoms. The lowest BCUT2D eigenvalue weighted by Crippen LogP contribution is -2.36. The predicted octanol–water partition coefficient (Wildman–Crippen LogP) is 5.12. The number of anilines is 1. The maximum atomic E-state index is 12.8. The van der Waals surface area contributed by atoms with Crippen molar-refractivity contribution in [1.29, 1.82) is 0 Å². The van der Waals surface area contributed by atoms with Gasteiger partial charge in [0, 0.05) is 12.1 Å². The van der Waals surface area contributed by atoms with Crippen molar-refractivity contribution in [1.82, 2.24) is 9.88 Å². The second-order valence-electron chi connectivity index (χ2n) is 7.42. The summed E-state index contributed by atoms with van der Waals surface area (Å²) in [6, 6.07) is 14.0. The van der Waals surface area contributed by atoms with E-state index in [0.29, 0.717) is 33.8 Å². The van der Waals surface area contributed by atoms with Crippen LogP contribution < -0.4 is 14.8 Å². The van der Waals surface area contributed by atoms with Gasteiger partial charge in [0.1, 0.15) is 12.7 Å². The number of hydrogen-bond donors (Lipinski definition) is 1. The number of amides is 3. The van der Waals surface area contributed by atoms with E-state index in [-0.39, 0.29) is 22.2 Å². The third kappa shape index (κ3) is 6.05. The van der Waals surface area contributed by atoms with Crippen LogP contribution in [0.2, 0.25) is 5.02 Å². The Bertz CT molecular complexity index is 1430. The highest BCUT2D eigenvalue weighted by atomic mass is 35.5. The number of hydrogen-bond acceptors (Lipinski definition) is 9. The highest BCUT2D eigenvalue weighted by molar-refractivity contribution is 8.18. The number of nitrogens with one attached hydrogen (secondary N) is 1. The molecule has 2 aromatic carbocycles. The molecule has 0 spiro atoms. The Kier molecular flexibility index (Phi) is 7.70. The van der Waals surface area contributed by atoms with Crippen molar-refractivity contribution >= 4 is 57.9 Å². The summed E-state index contributed by atoms with van der Waals surface area (Å²) in [7, 11) is 1.42. The highest BCUT2D eigenvalue weighted by Crippen LogP contribution is 2.36. The van der Waals surface area contributed by atoms with Gasteiger partial charge in [-0.15, -0.1) is 0 Å². The smallest absolute Gasteiger partial charge is 0.294 e. The van der Waals surface area contributed by atoms with Crippen LogP contribution in [0.3, 0.4) is 0 Å². The fourth-order valence-corrected chi connectivity index (χ4v) is 4.22. The molecule has 13 heteroatoms. The van der Waals surface area contributed by atoms with Crippen molar-refractivity contribution < 1.29 is 28.8 Å². The van der Waals surface area contributed by atoms with Crippen molar-refractivity contribution in [2.45, 2.75) is 0 Å². The van der Waals surface area contributed by atoms with Crippen LogP contribution >= 0.6 is 23.4 Å². The number of imide groups is 1. The second-order valence-corrected chi connectivity index (χ2v) is 8.82. The molecule has 11 nitrogen and oxygen atoms in total. The number of halogens is 1. The van der Waals surface area contributed by atoms with Crippen LogP contribution in [-0.4, -0.2) is 45.5 Å². The Labute approximate surface area is 219 Å². The maximum absolute atomic E-state index is 12.8. The predicted molar refractivity (Wildman–Crippen MR) is 137 cm³/mol. The number of para-hydroxylation sites is 1. The molecule has 1 saturated heterocycles. The van der Waals surface area contributed by atoms with Gasteiger partial charge in [-0.05, 0) is 47.7 Å². The molecule has 2 heterocycles. The zero-order chi connectivity index (χ0) is 26.5. The summed E-state index contributed by atoms with van der Waals surface area (Å²) < 4.78 is 11.0. The summed E-state index contributed by atoms with van der Waals surface area (Å²) in [5.74, 6) is -0.483. The molecule has 1 aliphatic rings. The monoisotopic (exact) mass is 540 g/mol. The SMILES string of the molecule is COc1cc(/C=C2/SC(=O)N(CC(=O)Nc3ccccc3Cl)C2=O)ccc1Oc1ccc([N+](=O)[O-])cn1. The zero-order valence-electron chi connectivity index (χ0n) is 19.0. The fraction of sp³-hybridized carbons (Fsp3) is 0.0833. The Hall–Kier alpha value is -4.42. The summed E-state index contributed by atoms with van der Waals surface area (Å²) in [5, 5.41) is 13.1. The molecule has 188 valence electrons. The van der Waals surface area contributed by atoms with Crippen molar-refractivity contribution in [3.8, 4) is 17.4 Å². The normalized spacial score (nSPS) is 14.1. The van der Waals surface area contributed by atoms with Crippen molar-refractivity contribution in [2.24, 2.45) is 0 Å². The molecule has 1 N–H and O–H groups in total. The Balaban J connectivity index is 1.46. The Morgan fingerprint density at radius 3 is 2.65 bits per heavy atom. The first-order valence-electron chi connectivity index (χ1n) is 10.5. The molecule has 0 saturated carbocycles. The molecular formula is C24H17ClN4O7S.